The minimum Gasteiger partial charge on any atom is -0.481 e. The van der Waals surface area contributed by atoms with Gasteiger partial charge < -0.3 is 14.8 Å². The Hall–Kier alpha value is -3.03. The van der Waals surface area contributed by atoms with Gasteiger partial charge >= 0.3 is 12.1 Å². The molecule has 0 heterocycles. The van der Waals surface area contributed by atoms with E-state index in [0.717, 1.165) is 11.1 Å². The first-order valence-corrected chi connectivity index (χ1v) is 7.61. The van der Waals surface area contributed by atoms with Crippen molar-refractivity contribution in [2.24, 2.45) is 0 Å². The summed E-state index contributed by atoms with van der Waals surface area (Å²) in [4.78, 5) is 22.8. The van der Waals surface area contributed by atoms with Crippen LogP contribution in [0.3, 0.4) is 0 Å². The van der Waals surface area contributed by atoms with Crippen LogP contribution in [0.2, 0.25) is 0 Å². The van der Waals surface area contributed by atoms with E-state index in [2.05, 4.69) is 4.74 Å². The van der Waals surface area contributed by atoms with Crippen LogP contribution in [0.1, 0.15) is 0 Å². The zero-order valence-corrected chi connectivity index (χ0v) is 13.6. The summed E-state index contributed by atoms with van der Waals surface area (Å²) in [5.74, 6) is -1.47. The molecule has 2 rings (SSSR count). The second-order valence-corrected chi connectivity index (χ2v) is 5.20. The van der Waals surface area contributed by atoms with Gasteiger partial charge in [0.2, 0.25) is 0 Å². The molecule has 26 heavy (non-hydrogen) atoms. The van der Waals surface area contributed by atoms with Gasteiger partial charge in [-0.25, -0.2) is 4.79 Å². The van der Waals surface area contributed by atoms with Gasteiger partial charge in [0.1, 0.15) is 12.3 Å². The van der Waals surface area contributed by atoms with Crippen molar-refractivity contribution in [2.75, 3.05) is 19.8 Å². The monoisotopic (exact) mass is 367 g/mol. The highest BCUT2D eigenvalue weighted by Gasteiger charge is 2.27. The summed E-state index contributed by atoms with van der Waals surface area (Å²) in [6, 6.07) is 16.4. The highest BCUT2D eigenvalue weighted by molar-refractivity contribution is 5.81. The lowest BCUT2D eigenvalue weighted by Crippen LogP contribution is -2.36. The minimum atomic E-state index is -4.52. The van der Waals surface area contributed by atoms with Gasteiger partial charge in [0, 0.05) is 5.56 Å². The van der Waals surface area contributed by atoms with Gasteiger partial charge in [-0.05, 0) is 11.6 Å². The largest absolute Gasteiger partial charge is 0.481 e. The van der Waals surface area contributed by atoms with E-state index in [1.54, 1.807) is 17.4 Å². The van der Waals surface area contributed by atoms with Gasteiger partial charge in [-0.1, -0.05) is 48.5 Å². The third kappa shape index (κ3) is 6.46. The van der Waals surface area contributed by atoms with Gasteiger partial charge in [0.25, 0.3) is 5.91 Å². The van der Waals surface area contributed by atoms with Crippen LogP contribution in [0.15, 0.2) is 54.6 Å². The number of alkyl halides is 3. The third-order valence-electron chi connectivity index (χ3n) is 3.17. The van der Waals surface area contributed by atoms with Crippen LogP contribution >= 0.6 is 0 Å². The maximum Gasteiger partial charge on any atom is 0.405 e. The molecule has 0 aliphatic rings. The number of carbonyl (C=O) groups is 2. The number of carbonyl (C=O) groups excluding carboxylic acids is 2. The number of rotatable bonds is 7. The van der Waals surface area contributed by atoms with Gasteiger partial charge in [-0.2, -0.15) is 13.2 Å². The molecule has 5 nitrogen and oxygen atoms in total. The number of halogens is 3. The summed E-state index contributed by atoms with van der Waals surface area (Å²) in [5.41, 5.74) is 1.66. The molecule has 1 amide bonds. The Labute approximate surface area is 147 Å². The zero-order chi connectivity index (χ0) is 19.0. The van der Waals surface area contributed by atoms with Gasteiger partial charge in [-0.15, -0.1) is 0 Å². The van der Waals surface area contributed by atoms with E-state index in [1.807, 2.05) is 42.5 Å². The molecule has 2 aromatic rings. The van der Waals surface area contributed by atoms with Crippen LogP contribution in [0.5, 0.6) is 5.75 Å². The molecule has 0 saturated carbocycles. The summed E-state index contributed by atoms with van der Waals surface area (Å²) >= 11 is 0. The summed E-state index contributed by atoms with van der Waals surface area (Å²) in [7, 11) is 0. The molecule has 1 N–H and O–H groups in total. The van der Waals surface area contributed by atoms with Crippen molar-refractivity contribution in [2.45, 2.75) is 6.18 Å². The summed E-state index contributed by atoms with van der Waals surface area (Å²) in [6.45, 7) is -2.76. The summed E-state index contributed by atoms with van der Waals surface area (Å²) < 4.78 is 45.9. The lowest BCUT2D eigenvalue weighted by Gasteiger charge is -2.12. The van der Waals surface area contributed by atoms with E-state index in [9.17, 15) is 22.8 Å². The van der Waals surface area contributed by atoms with Crippen molar-refractivity contribution >= 4 is 11.9 Å². The topological polar surface area (TPSA) is 64.6 Å². The van der Waals surface area contributed by atoms with E-state index in [4.69, 9.17) is 4.74 Å². The highest BCUT2D eigenvalue weighted by Crippen LogP contribution is 2.29. The fourth-order valence-corrected chi connectivity index (χ4v) is 2.02. The Morgan fingerprint density at radius 2 is 1.58 bits per heavy atom. The molecule has 0 atom stereocenters. The smallest absolute Gasteiger partial charge is 0.405 e. The lowest BCUT2D eigenvalue weighted by molar-refractivity contribution is -0.152. The molecule has 0 spiro atoms. The Morgan fingerprint density at radius 3 is 2.27 bits per heavy atom. The van der Waals surface area contributed by atoms with E-state index in [0.29, 0.717) is 5.75 Å². The summed E-state index contributed by atoms with van der Waals surface area (Å²) in [5, 5.41) is 1.60. The van der Waals surface area contributed by atoms with Crippen molar-refractivity contribution in [3.63, 3.8) is 0 Å². The Balaban J connectivity index is 1.84. The van der Waals surface area contributed by atoms with Gasteiger partial charge in [-0.3, -0.25) is 4.79 Å². The van der Waals surface area contributed by atoms with Crippen molar-refractivity contribution in [3.05, 3.63) is 54.6 Å². The van der Waals surface area contributed by atoms with E-state index in [1.165, 1.54) is 0 Å². The van der Waals surface area contributed by atoms with Crippen LogP contribution in [0.25, 0.3) is 11.1 Å². The number of amides is 1. The van der Waals surface area contributed by atoms with Crippen LogP contribution in [0.4, 0.5) is 13.2 Å². The van der Waals surface area contributed by atoms with E-state index in [-0.39, 0.29) is 0 Å². The maximum atomic E-state index is 12.0. The fourth-order valence-electron chi connectivity index (χ4n) is 2.02. The van der Waals surface area contributed by atoms with Crippen molar-refractivity contribution < 1.29 is 32.2 Å². The zero-order valence-electron chi connectivity index (χ0n) is 13.6. The SMILES string of the molecule is O=C(COC(=O)COc1ccccc1-c1ccccc1)NCC(F)(F)F. The number of ether oxygens (including phenoxy) is 2. The Kier molecular flexibility index (Phi) is 6.60. The van der Waals surface area contributed by atoms with Crippen LogP contribution < -0.4 is 10.1 Å². The van der Waals surface area contributed by atoms with Gasteiger partial charge in [0.15, 0.2) is 13.2 Å². The average molecular weight is 367 g/mol. The normalized spacial score (nSPS) is 10.9. The second kappa shape index (κ2) is 8.89. The molecular formula is C18H16F3NO4. The quantitative estimate of drug-likeness (QED) is 0.765. The molecule has 0 aliphatic carbocycles. The van der Waals surface area contributed by atoms with E-state index >= 15 is 0 Å². The maximum absolute atomic E-state index is 12.0. The van der Waals surface area contributed by atoms with Crippen molar-refractivity contribution in [3.8, 4) is 16.9 Å². The van der Waals surface area contributed by atoms with Crippen molar-refractivity contribution in [1.29, 1.82) is 0 Å². The minimum absolute atomic E-state index is 0.442. The molecule has 0 saturated heterocycles. The molecule has 138 valence electrons. The first kappa shape index (κ1) is 19.3. The number of para-hydroxylation sites is 1. The Morgan fingerprint density at radius 1 is 0.923 bits per heavy atom. The number of hydrogen-bond donors (Lipinski definition) is 1. The molecular weight excluding hydrogens is 351 g/mol. The van der Waals surface area contributed by atoms with Crippen LogP contribution in [0, 0.1) is 0 Å². The second-order valence-electron chi connectivity index (χ2n) is 5.20. The molecule has 0 aliphatic heterocycles. The molecule has 0 bridgehead atoms. The van der Waals surface area contributed by atoms with E-state index < -0.39 is 37.8 Å². The number of hydrogen-bond acceptors (Lipinski definition) is 4. The number of benzene rings is 2. The predicted octanol–water partition coefficient (Wildman–Crippen LogP) is 2.95. The molecule has 0 unspecified atom stereocenters. The molecule has 8 heteroatoms. The van der Waals surface area contributed by atoms with Crippen LogP contribution in [-0.4, -0.2) is 37.8 Å². The fraction of sp³-hybridized carbons (Fsp3) is 0.222. The molecule has 0 fully saturated rings. The van der Waals surface area contributed by atoms with Gasteiger partial charge in [0.05, 0.1) is 0 Å². The highest BCUT2D eigenvalue weighted by atomic mass is 19.4. The first-order valence-electron chi connectivity index (χ1n) is 7.61. The molecule has 0 aromatic heterocycles. The molecule has 0 radical (unpaired) electrons. The lowest BCUT2D eigenvalue weighted by atomic mass is 10.1. The number of esters is 1. The predicted molar refractivity (Wildman–Crippen MR) is 87.4 cm³/mol. The third-order valence-corrected chi connectivity index (χ3v) is 3.17. The van der Waals surface area contributed by atoms with Crippen molar-refractivity contribution in [1.82, 2.24) is 5.32 Å². The number of nitrogens with one attached hydrogen (secondary N) is 1. The summed E-state index contributed by atoms with van der Waals surface area (Å²) in [6.07, 6.45) is -4.52. The standard InChI is InChI=1S/C18H16F3NO4/c19-18(20,21)12-22-16(23)10-26-17(24)11-25-15-9-5-4-8-14(15)13-6-2-1-3-7-13/h1-9H,10-12H2,(H,22,23). The van der Waals surface area contributed by atoms with Crippen LogP contribution in [-0.2, 0) is 14.3 Å². The Bertz CT molecular complexity index is 748. The average Bonchev–Trinajstić information content (AvgIpc) is 2.63. The molecule has 2 aromatic carbocycles. The first-order chi connectivity index (χ1) is 12.3.